The first-order chi connectivity index (χ1) is 13.0. The normalized spacial score (nSPS) is 18.2. The predicted molar refractivity (Wildman–Crippen MR) is 96.3 cm³/mol. The Labute approximate surface area is 157 Å². The Balaban J connectivity index is 1.57. The highest BCUT2D eigenvalue weighted by Crippen LogP contribution is 2.31. The summed E-state index contributed by atoms with van der Waals surface area (Å²) in [4.78, 5) is 4.59. The van der Waals surface area contributed by atoms with Gasteiger partial charge in [-0.25, -0.2) is 8.42 Å². The molecule has 1 fully saturated rings. The van der Waals surface area contributed by atoms with Crippen molar-refractivity contribution in [2.45, 2.75) is 44.0 Å². The zero-order chi connectivity index (χ0) is 19.0. The number of benzene rings is 1. The molecule has 0 bridgehead atoms. The minimum Gasteiger partial charge on any atom is -0.360 e. The highest BCUT2D eigenvalue weighted by Gasteiger charge is 2.39. The van der Waals surface area contributed by atoms with Gasteiger partial charge in [0.1, 0.15) is 10.6 Å². The zero-order valence-electron chi connectivity index (χ0n) is 15.1. The second-order valence-electron chi connectivity index (χ2n) is 6.65. The maximum absolute atomic E-state index is 13.1. The van der Waals surface area contributed by atoms with Crippen LogP contribution in [0.2, 0.25) is 0 Å². The largest absolute Gasteiger partial charge is 0.360 e. The molecule has 0 amide bonds. The van der Waals surface area contributed by atoms with Crippen LogP contribution in [0.5, 0.6) is 0 Å². The molecule has 142 valence electrons. The van der Waals surface area contributed by atoms with E-state index in [-0.39, 0.29) is 10.9 Å². The van der Waals surface area contributed by atoms with Gasteiger partial charge >= 0.3 is 0 Å². The molecule has 1 atom stereocenters. The summed E-state index contributed by atoms with van der Waals surface area (Å²) in [5.41, 5.74) is 1.21. The van der Waals surface area contributed by atoms with Crippen LogP contribution in [0, 0.1) is 13.8 Å². The zero-order valence-corrected chi connectivity index (χ0v) is 15.9. The van der Waals surface area contributed by atoms with Crippen molar-refractivity contribution in [3.05, 3.63) is 47.6 Å². The SMILES string of the molecule is Cc1noc(C)c1S(=O)(=O)N1CCCC1Cc1noc(-c2ccccc2)n1. The van der Waals surface area contributed by atoms with Gasteiger partial charge < -0.3 is 9.05 Å². The van der Waals surface area contributed by atoms with Crippen molar-refractivity contribution >= 4 is 10.0 Å². The minimum atomic E-state index is -3.68. The van der Waals surface area contributed by atoms with Crippen LogP contribution < -0.4 is 0 Å². The van der Waals surface area contributed by atoms with Crippen LogP contribution in [0.1, 0.15) is 30.1 Å². The number of aromatic nitrogens is 3. The number of sulfonamides is 1. The summed E-state index contributed by atoms with van der Waals surface area (Å²) < 4.78 is 38.2. The molecule has 27 heavy (non-hydrogen) atoms. The third-order valence-corrected chi connectivity index (χ3v) is 6.96. The van der Waals surface area contributed by atoms with Gasteiger partial charge in [0, 0.05) is 24.6 Å². The van der Waals surface area contributed by atoms with Gasteiger partial charge in [0.05, 0.1) is 0 Å². The van der Waals surface area contributed by atoms with E-state index < -0.39 is 10.0 Å². The maximum atomic E-state index is 13.1. The Morgan fingerprint density at radius 1 is 1.15 bits per heavy atom. The van der Waals surface area contributed by atoms with Crippen LogP contribution in [-0.2, 0) is 16.4 Å². The summed E-state index contributed by atoms with van der Waals surface area (Å²) in [5.74, 6) is 1.24. The van der Waals surface area contributed by atoms with E-state index in [0.717, 1.165) is 18.4 Å². The lowest BCUT2D eigenvalue weighted by Crippen LogP contribution is -2.37. The average Bonchev–Trinajstić information content (AvgIpc) is 3.37. The first kappa shape index (κ1) is 17.9. The van der Waals surface area contributed by atoms with Crippen LogP contribution in [-0.4, -0.2) is 40.6 Å². The third-order valence-electron chi connectivity index (χ3n) is 4.76. The van der Waals surface area contributed by atoms with E-state index in [1.54, 1.807) is 13.8 Å². The molecule has 0 N–H and O–H groups in total. The smallest absolute Gasteiger partial charge is 0.257 e. The summed E-state index contributed by atoms with van der Waals surface area (Å²) in [5, 5.41) is 7.81. The van der Waals surface area contributed by atoms with Gasteiger partial charge in [-0.05, 0) is 38.8 Å². The fraction of sp³-hybridized carbons (Fsp3) is 0.389. The topological polar surface area (TPSA) is 102 Å². The summed E-state index contributed by atoms with van der Waals surface area (Å²) in [7, 11) is -3.68. The van der Waals surface area contributed by atoms with Crippen molar-refractivity contribution in [2.24, 2.45) is 0 Å². The summed E-state index contributed by atoms with van der Waals surface area (Å²) in [6, 6.07) is 9.27. The van der Waals surface area contributed by atoms with Crippen molar-refractivity contribution in [2.75, 3.05) is 6.54 Å². The van der Waals surface area contributed by atoms with Gasteiger partial charge in [-0.15, -0.1) is 0 Å². The Hall–Kier alpha value is -2.52. The first-order valence-electron chi connectivity index (χ1n) is 8.79. The fourth-order valence-electron chi connectivity index (χ4n) is 3.54. The molecular weight excluding hydrogens is 368 g/mol. The van der Waals surface area contributed by atoms with E-state index in [1.165, 1.54) is 4.31 Å². The molecule has 0 spiro atoms. The molecule has 0 aliphatic carbocycles. The number of nitrogens with zero attached hydrogens (tertiary/aromatic N) is 4. The summed E-state index contributed by atoms with van der Waals surface area (Å²) in [6.45, 7) is 3.71. The Kier molecular flexibility index (Phi) is 4.56. The molecule has 0 radical (unpaired) electrons. The second-order valence-corrected chi connectivity index (χ2v) is 8.48. The number of aryl methyl sites for hydroxylation is 2. The molecule has 1 aliphatic rings. The molecule has 8 nitrogen and oxygen atoms in total. The fourth-order valence-corrected chi connectivity index (χ4v) is 5.52. The number of hydrogen-bond acceptors (Lipinski definition) is 7. The molecule has 3 aromatic rings. The monoisotopic (exact) mass is 388 g/mol. The van der Waals surface area contributed by atoms with Crippen molar-refractivity contribution in [3.8, 4) is 11.5 Å². The van der Waals surface area contributed by atoms with Crippen molar-refractivity contribution in [1.82, 2.24) is 19.6 Å². The van der Waals surface area contributed by atoms with Gasteiger partial charge in [0.2, 0.25) is 10.0 Å². The molecular formula is C18H20N4O4S. The van der Waals surface area contributed by atoms with E-state index in [4.69, 9.17) is 9.05 Å². The lowest BCUT2D eigenvalue weighted by Gasteiger charge is -2.22. The van der Waals surface area contributed by atoms with Crippen molar-refractivity contribution < 1.29 is 17.5 Å². The Bertz CT molecular complexity index is 1020. The number of hydrogen-bond donors (Lipinski definition) is 0. The highest BCUT2D eigenvalue weighted by atomic mass is 32.2. The summed E-state index contributed by atoms with van der Waals surface area (Å²) in [6.07, 6.45) is 1.94. The predicted octanol–water partition coefficient (Wildman–Crippen LogP) is 2.74. The Morgan fingerprint density at radius 3 is 2.63 bits per heavy atom. The number of rotatable bonds is 5. The van der Waals surface area contributed by atoms with Crippen LogP contribution >= 0.6 is 0 Å². The quantitative estimate of drug-likeness (QED) is 0.662. The van der Waals surface area contributed by atoms with Gasteiger partial charge in [-0.3, -0.25) is 0 Å². The average molecular weight is 388 g/mol. The van der Waals surface area contributed by atoms with Gasteiger partial charge in [-0.1, -0.05) is 28.5 Å². The minimum absolute atomic E-state index is 0.160. The molecule has 3 heterocycles. The lowest BCUT2D eigenvalue weighted by atomic mass is 10.1. The van der Waals surface area contributed by atoms with E-state index in [9.17, 15) is 8.42 Å². The molecule has 1 saturated heterocycles. The van der Waals surface area contributed by atoms with E-state index in [1.807, 2.05) is 30.3 Å². The van der Waals surface area contributed by atoms with Gasteiger partial charge in [0.15, 0.2) is 11.6 Å². The van der Waals surface area contributed by atoms with Gasteiger partial charge in [0.25, 0.3) is 5.89 Å². The van der Waals surface area contributed by atoms with E-state index >= 15 is 0 Å². The Morgan fingerprint density at radius 2 is 1.93 bits per heavy atom. The van der Waals surface area contributed by atoms with Crippen LogP contribution in [0.25, 0.3) is 11.5 Å². The van der Waals surface area contributed by atoms with Gasteiger partial charge in [-0.2, -0.15) is 9.29 Å². The molecule has 9 heteroatoms. The van der Waals surface area contributed by atoms with Crippen molar-refractivity contribution in [3.63, 3.8) is 0 Å². The summed E-state index contributed by atoms with van der Waals surface area (Å²) >= 11 is 0. The van der Waals surface area contributed by atoms with Crippen LogP contribution in [0.15, 0.2) is 44.3 Å². The molecule has 0 saturated carbocycles. The molecule has 4 rings (SSSR count). The van der Waals surface area contributed by atoms with Crippen LogP contribution in [0.4, 0.5) is 0 Å². The molecule has 2 aromatic heterocycles. The van der Waals surface area contributed by atoms with E-state index in [2.05, 4.69) is 15.3 Å². The molecule has 1 aliphatic heterocycles. The maximum Gasteiger partial charge on any atom is 0.257 e. The lowest BCUT2D eigenvalue weighted by molar-refractivity contribution is 0.367. The second kappa shape index (κ2) is 6.90. The molecule has 1 unspecified atom stereocenters. The van der Waals surface area contributed by atoms with Crippen molar-refractivity contribution in [1.29, 1.82) is 0 Å². The first-order valence-corrected chi connectivity index (χ1v) is 10.2. The van der Waals surface area contributed by atoms with E-state index in [0.29, 0.717) is 36.1 Å². The molecule has 1 aromatic carbocycles. The standard InChI is InChI=1S/C18H20N4O4S/c1-12-17(13(2)25-20-12)27(23,24)22-10-6-9-15(22)11-16-19-18(26-21-16)14-7-4-3-5-8-14/h3-5,7-8,15H,6,9-11H2,1-2H3. The third kappa shape index (κ3) is 3.28. The van der Waals surface area contributed by atoms with Crippen LogP contribution in [0.3, 0.4) is 0 Å². The highest BCUT2D eigenvalue weighted by molar-refractivity contribution is 7.89.